The van der Waals surface area contributed by atoms with Crippen LogP contribution in [0, 0.1) is 0 Å². The van der Waals surface area contributed by atoms with Crippen LogP contribution in [0.5, 0.6) is 0 Å². The van der Waals surface area contributed by atoms with Gasteiger partial charge in [-0.25, -0.2) is 14.8 Å². The lowest BCUT2D eigenvalue weighted by Crippen LogP contribution is -2.43. The van der Waals surface area contributed by atoms with Gasteiger partial charge in [-0.05, 0) is 0 Å². The Morgan fingerprint density at radius 3 is 2.38 bits per heavy atom. The molecule has 2 N–H and O–H groups in total. The van der Waals surface area contributed by atoms with Gasteiger partial charge in [0, 0.05) is 12.6 Å². The van der Waals surface area contributed by atoms with Crippen LogP contribution in [0.1, 0.15) is 0 Å². The average molecular weight is 340 g/mol. The highest BCUT2D eigenvalue weighted by Crippen LogP contribution is 2.20. The summed E-state index contributed by atoms with van der Waals surface area (Å²) in [5, 5.41) is 11.3. The number of hydrogen-bond donors (Lipinski definition) is 2. The Morgan fingerprint density at radius 2 is 1.83 bits per heavy atom. The van der Waals surface area contributed by atoms with E-state index in [0.29, 0.717) is 5.82 Å². The first kappa shape index (κ1) is 17.7. The van der Waals surface area contributed by atoms with E-state index in [1.54, 1.807) is 0 Å². The van der Waals surface area contributed by atoms with Gasteiger partial charge in [0.15, 0.2) is 11.9 Å². The fourth-order valence-electron chi connectivity index (χ4n) is 1.79. The molecular weight excluding hydrogens is 325 g/mol. The number of amides is 2. The number of anilines is 1. The van der Waals surface area contributed by atoms with Gasteiger partial charge < -0.3 is 15.3 Å². The van der Waals surface area contributed by atoms with Crippen LogP contribution in [-0.2, 0) is 0 Å². The third-order valence-electron chi connectivity index (χ3n) is 3.11. The maximum absolute atomic E-state index is 12.3. The van der Waals surface area contributed by atoms with Crippen LogP contribution >= 0.6 is 0 Å². The zero-order chi connectivity index (χ0) is 17.7. The first-order valence-corrected chi connectivity index (χ1v) is 6.91. The standard InChI is InChI=1S/C15H15F3N4O2/c1-22(9-12(23)15(16,17)18)14(24)21-11-7-19-13(20-8-11)10-5-3-2-4-6-10/h2-8,12,23H,9H2,1H3,(H,21,24). The second-order valence-corrected chi connectivity index (χ2v) is 5.03. The Bertz CT molecular complexity index is 677. The van der Waals surface area contributed by atoms with Gasteiger partial charge in [0.1, 0.15) is 0 Å². The van der Waals surface area contributed by atoms with Gasteiger partial charge in [-0.1, -0.05) is 30.3 Å². The Morgan fingerprint density at radius 1 is 1.25 bits per heavy atom. The quantitative estimate of drug-likeness (QED) is 0.896. The second-order valence-electron chi connectivity index (χ2n) is 5.03. The molecule has 0 saturated heterocycles. The topological polar surface area (TPSA) is 78.4 Å². The van der Waals surface area contributed by atoms with Crippen molar-refractivity contribution in [3.05, 3.63) is 42.7 Å². The first-order valence-electron chi connectivity index (χ1n) is 6.91. The highest BCUT2D eigenvalue weighted by atomic mass is 19.4. The molecule has 1 atom stereocenters. The number of nitrogens with one attached hydrogen (secondary N) is 1. The predicted molar refractivity (Wildman–Crippen MR) is 81.2 cm³/mol. The van der Waals surface area contributed by atoms with Gasteiger partial charge in [0.2, 0.25) is 0 Å². The lowest BCUT2D eigenvalue weighted by molar-refractivity contribution is -0.205. The van der Waals surface area contributed by atoms with Gasteiger partial charge >= 0.3 is 12.2 Å². The van der Waals surface area contributed by atoms with Gasteiger partial charge in [0.25, 0.3) is 0 Å². The Labute approximate surface area is 136 Å². The van der Waals surface area contributed by atoms with Crippen molar-refractivity contribution >= 4 is 11.7 Å². The number of carbonyl (C=O) groups excluding carboxylic acids is 1. The number of hydrogen-bond acceptors (Lipinski definition) is 4. The normalized spacial score (nSPS) is 12.5. The molecule has 24 heavy (non-hydrogen) atoms. The lowest BCUT2D eigenvalue weighted by Gasteiger charge is -2.22. The third-order valence-corrected chi connectivity index (χ3v) is 3.11. The maximum Gasteiger partial charge on any atom is 0.416 e. The maximum atomic E-state index is 12.3. The molecule has 9 heteroatoms. The number of carbonyl (C=O) groups is 1. The number of rotatable bonds is 4. The Kier molecular flexibility index (Phi) is 5.35. The molecule has 0 aliphatic carbocycles. The second kappa shape index (κ2) is 7.26. The van der Waals surface area contributed by atoms with Crippen LogP contribution in [0.3, 0.4) is 0 Å². The van der Waals surface area contributed by atoms with Gasteiger partial charge in [-0.2, -0.15) is 13.2 Å². The van der Waals surface area contributed by atoms with Gasteiger partial charge in [0.05, 0.1) is 24.6 Å². The summed E-state index contributed by atoms with van der Waals surface area (Å²) in [5.41, 5.74) is 1.02. The number of aliphatic hydroxyl groups is 1. The van der Waals surface area contributed by atoms with Crippen LogP contribution < -0.4 is 5.32 Å². The number of halogens is 3. The molecule has 0 aliphatic heterocycles. The molecule has 0 spiro atoms. The number of alkyl halides is 3. The van der Waals surface area contributed by atoms with Crippen LogP contribution in [0.25, 0.3) is 11.4 Å². The van der Waals surface area contributed by atoms with Crippen molar-refractivity contribution in [2.75, 3.05) is 18.9 Å². The number of likely N-dealkylation sites (N-methyl/N-ethyl adjacent to an activating group) is 1. The van der Waals surface area contributed by atoms with Crippen molar-refractivity contribution in [3.8, 4) is 11.4 Å². The molecule has 1 aromatic carbocycles. The number of aliphatic hydroxyl groups excluding tert-OH is 1. The molecule has 2 aromatic rings. The highest BCUT2D eigenvalue weighted by molar-refractivity contribution is 5.88. The highest BCUT2D eigenvalue weighted by Gasteiger charge is 2.39. The molecule has 1 unspecified atom stereocenters. The smallest absolute Gasteiger partial charge is 0.382 e. The van der Waals surface area contributed by atoms with E-state index in [4.69, 9.17) is 5.11 Å². The SMILES string of the molecule is CN(CC(O)C(F)(F)F)C(=O)Nc1cnc(-c2ccccc2)nc1. The first-order chi connectivity index (χ1) is 11.3. The zero-order valence-corrected chi connectivity index (χ0v) is 12.7. The minimum Gasteiger partial charge on any atom is -0.382 e. The molecule has 6 nitrogen and oxygen atoms in total. The predicted octanol–water partition coefficient (Wildman–Crippen LogP) is 2.53. The van der Waals surface area contributed by atoms with Crippen molar-refractivity contribution < 1.29 is 23.1 Å². The molecule has 2 rings (SSSR count). The fraction of sp³-hybridized carbons (Fsp3) is 0.267. The Balaban J connectivity index is 1.97. The van der Waals surface area contributed by atoms with E-state index in [9.17, 15) is 18.0 Å². The van der Waals surface area contributed by atoms with Crippen LogP contribution in [0.4, 0.5) is 23.7 Å². The summed E-state index contributed by atoms with van der Waals surface area (Å²) >= 11 is 0. The molecule has 1 heterocycles. The minimum absolute atomic E-state index is 0.230. The van der Waals surface area contributed by atoms with Gasteiger partial charge in [-0.15, -0.1) is 0 Å². The van der Waals surface area contributed by atoms with E-state index in [2.05, 4.69) is 15.3 Å². The number of benzene rings is 1. The number of aromatic nitrogens is 2. The van der Waals surface area contributed by atoms with Crippen LogP contribution in [0.15, 0.2) is 42.7 Å². The van der Waals surface area contributed by atoms with E-state index in [1.165, 1.54) is 12.4 Å². The van der Waals surface area contributed by atoms with Crippen molar-refractivity contribution in [3.63, 3.8) is 0 Å². The van der Waals surface area contributed by atoms with E-state index in [-0.39, 0.29) is 5.69 Å². The minimum atomic E-state index is -4.78. The lowest BCUT2D eigenvalue weighted by atomic mass is 10.2. The number of urea groups is 1. The molecule has 1 aromatic heterocycles. The van der Waals surface area contributed by atoms with Crippen LogP contribution in [-0.4, -0.2) is 51.9 Å². The zero-order valence-electron chi connectivity index (χ0n) is 12.7. The summed E-state index contributed by atoms with van der Waals surface area (Å²) in [6.07, 6.45) is -4.69. The molecule has 128 valence electrons. The van der Waals surface area contributed by atoms with Crippen molar-refractivity contribution in [1.29, 1.82) is 0 Å². The molecule has 0 bridgehead atoms. The fourth-order valence-corrected chi connectivity index (χ4v) is 1.79. The molecule has 0 fully saturated rings. The third kappa shape index (κ3) is 4.66. The average Bonchev–Trinajstić information content (AvgIpc) is 2.55. The van der Waals surface area contributed by atoms with E-state index >= 15 is 0 Å². The summed E-state index contributed by atoms with van der Waals surface area (Å²) in [4.78, 5) is 20.7. The molecule has 0 saturated carbocycles. The van der Waals surface area contributed by atoms with Crippen molar-refractivity contribution in [1.82, 2.24) is 14.9 Å². The molecular formula is C15H15F3N4O2. The van der Waals surface area contributed by atoms with Crippen molar-refractivity contribution in [2.45, 2.75) is 12.3 Å². The summed E-state index contributed by atoms with van der Waals surface area (Å²) < 4.78 is 36.8. The largest absolute Gasteiger partial charge is 0.416 e. The van der Waals surface area contributed by atoms with E-state index in [1.807, 2.05) is 30.3 Å². The molecule has 0 radical (unpaired) electrons. The van der Waals surface area contributed by atoms with E-state index in [0.717, 1.165) is 17.5 Å². The van der Waals surface area contributed by atoms with Gasteiger partial charge in [-0.3, -0.25) is 0 Å². The molecule has 2 amide bonds. The number of nitrogens with zero attached hydrogens (tertiary/aromatic N) is 3. The van der Waals surface area contributed by atoms with E-state index < -0.39 is 24.9 Å². The monoisotopic (exact) mass is 340 g/mol. The van der Waals surface area contributed by atoms with Crippen LogP contribution in [0.2, 0.25) is 0 Å². The summed E-state index contributed by atoms with van der Waals surface area (Å²) in [5.74, 6) is 0.453. The summed E-state index contributed by atoms with van der Waals surface area (Å²) in [6, 6.07) is 8.34. The summed E-state index contributed by atoms with van der Waals surface area (Å²) in [6.45, 7) is -0.877. The summed E-state index contributed by atoms with van der Waals surface area (Å²) in [7, 11) is 1.14. The Hall–Kier alpha value is -2.68. The van der Waals surface area contributed by atoms with Crippen molar-refractivity contribution in [2.24, 2.45) is 0 Å². The molecule has 0 aliphatic rings.